The Morgan fingerprint density at radius 3 is 2.48 bits per heavy atom. The highest BCUT2D eigenvalue weighted by Gasteiger charge is 2.16. The lowest BCUT2D eigenvalue weighted by Crippen LogP contribution is -1.93. The number of halogens is 1. The molecule has 0 N–H and O–H groups in total. The van der Waals surface area contributed by atoms with Gasteiger partial charge in [-0.3, -0.25) is 10.1 Å². The van der Waals surface area contributed by atoms with E-state index in [-0.39, 0.29) is 11.4 Å². The lowest BCUT2D eigenvalue weighted by atomic mass is 10.1. The molecule has 3 aromatic rings. The Bertz CT molecular complexity index is 833. The first-order chi connectivity index (χ1) is 10.1. The summed E-state index contributed by atoms with van der Waals surface area (Å²) in [4.78, 5) is 10.5. The molecule has 0 saturated carbocycles. The average molecular weight is 300 g/mol. The van der Waals surface area contributed by atoms with Crippen LogP contribution in [0.3, 0.4) is 0 Å². The van der Waals surface area contributed by atoms with E-state index in [9.17, 15) is 10.1 Å². The van der Waals surface area contributed by atoms with Crippen molar-refractivity contribution in [1.29, 1.82) is 0 Å². The predicted molar refractivity (Wildman–Crippen MR) is 82.1 cm³/mol. The zero-order chi connectivity index (χ0) is 14.8. The van der Waals surface area contributed by atoms with Crippen LogP contribution in [0.4, 0.5) is 5.69 Å². The van der Waals surface area contributed by atoms with E-state index < -0.39 is 4.92 Å². The van der Waals surface area contributed by atoms with E-state index in [0.717, 1.165) is 10.8 Å². The van der Waals surface area contributed by atoms with Crippen molar-refractivity contribution in [3.63, 3.8) is 0 Å². The summed E-state index contributed by atoms with van der Waals surface area (Å²) in [6.07, 6.45) is 0. The lowest BCUT2D eigenvalue weighted by molar-refractivity contribution is -0.385. The summed E-state index contributed by atoms with van der Waals surface area (Å²) in [6, 6.07) is 17.7. The van der Waals surface area contributed by atoms with Crippen LogP contribution in [0.15, 0.2) is 60.7 Å². The van der Waals surface area contributed by atoms with Gasteiger partial charge in [-0.25, -0.2) is 0 Å². The largest absolute Gasteiger partial charge is 0.450 e. The Morgan fingerprint density at radius 1 is 0.952 bits per heavy atom. The number of fused-ring (bicyclic) bond motifs is 1. The van der Waals surface area contributed by atoms with Crippen molar-refractivity contribution < 1.29 is 9.66 Å². The monoisotopic (exact) mass is 299 g/mol. The van der Waals surface area contributed by atoms with Gasteiger partial charge >= 0.3 is 5.69 Å². The summed E-state index contributed by atoms with van der Waals surface area (Å²) in [6.45, 7) is 0. The van der Waals surface area contributed by atoms with Crippen molar-refractivity contribution in [2.75, 3.05) is 0 Å². The second-order valence-electron chi connectivity index (χ2n) is 4.48. The summed E-state index contributed by atoms with van der Waals surface area (Å²) in [5.74, 6) is 0.707. The third-order valence-electron chi connectivity index (χ3n) is 3.07. The van der Waals surface area contributed by atoms with Gasteiger partial charge in [-0.2, -0.15) is 0 Å². The van der Waals surface area contributed by atoms with Crippen molar-refractivity contribution in [3.8, 4) is 11.5 Å². The van der Waals surface area contributed by atoms with Crippen LogP contribution in [0.25, 0.3) is 10.8 Å². The fourth-order valence-electron chi connectivity index (χ4n) is 2.08. The molecule has 0 aliphatic rings. The first kappa shape index (κ1) is 13.4. The molecule has 5 heteroatoms. The van der Waals surface area contributed by atoms with Crippen molar-refractivity contribution in [3.05, 3.63) is 75.8 Å². The Hall–Kier alpha value is -2.59. The van der Waals surface area contributed by atoms with Crippen molar-refractivity contribution in [1.82, 2.24) is 0 Å². The molecule has 3 aromatic carbocycles. The van der Waals surface area contributed by atoms with Crippen LogP contribution in [0.5, 0.6) is 11.5 Å². The van der Waals surface area contributed by atoms with Crippen molar-refractivity contribution in [2.45, 2.75) is 0 Å². The first-order valence-electron chi connectivity index (χ1n) is 6.24. The number of rotatable bonds is 3. The van der Waals surface area contributed by atoms with E-state index in [1.165, 1.54) is 12.1 Å². The van der Waals surface area contributed by atoms with Gasteiger partial charge in [-0.05, 0) is 35.0 Å². The molecule has 0 radical (unpaired) electrons. The number of ether oxygens (including phenoxy) is 1. The van der Waals surface area contributed by atoms with Crippen LogP contribution >= 0.6 is 11.6 Å². The summed E-state index contributed by atoms with van der Waals surface area (Å²) in [5.41, 5.74) is -0.157. The average Bonchev–Trinajstić information content (AvgIpc) is 2.49. The zero-order valence-electron chi connectivity index (χ0n) is 10.8. The van der Waals surface area contributed by atoms with E-state index in [2.05, 4.69) is 0 Å². The van der Waals surface area contributed by atoms with Gasteiger partial charge in [0, 0.05) is 11.1 Å². The first-order valence-corrected chi connectivity index (χ1v) is 6.62. The second kappa shape index (κ2) is 5.42. The van der Waals surface area contributed by atoms with E-state index in [4.69, 9.17) is 16.3 Å². The van der Waals surface area contributed by atoms with Crippen molar-refractivity contribution >= 4 is 28.1 Å². The Labute approximate surface area is 125 Å². The number of benzene rings is 3. The molecular formula is C16H10ClNO3. The second-order valence-corrected chi connectivity index (χ2v) is 4.92. The van der Waals surface area contributed by atoms with Crippen LogP contribution in [0.2, 0.25) is 5.02 Å². The van der Waals surface area contributed by atoms with E-state index in [1.54, 1.807) is 12.1 Å². The van der Waals surface area contributed by atoms with Gasteiger partial charge in [-0.1, -0.05) is 41.9 Å². The molecule has 0 spiro atoms. The van der Waals surface area contributed by atoms with E-state index >= 15 is 0 Å². The molecule has 3 rings (SSSR count). The van der Waals surface area contributed by atoms with Crippen LogP contribution < -0.4 is 4.74 Å². The standard InChI is InChI=1S/C16H10ClNO3/c17-13-6-8-16(15(10-13)18(19)20)21-14-7-5-11-3-1-2-4-12(11)9-14/h1-10H. The zero-order valence-corrected chi connectivity index (χ0v) is 11.6. The fourth-order valence-corrected chi connectivity index (χ4v) is 2.24. The smallest absolute Gasteiger partial charge is 0.313 e. The number of nitrogens with zero attached hydrogens (tertiary/aromatic N) is 1. The highest BCUT2D eigenvalue weighted by Crippen LogP contribution is 2.34. The normalized spacial score (nSPS) is 10.5. The van der Waals surface area contributed by atoms with Gasteiger partial charge in [0.15, 0.2) is 0 Å². The molecule has 0 aliphatic carbocycles. The third-order valence-corrected chi connectivity index (χ3v) is 3.30. The minimum atomic E-state index is -0.512. The summed E-state index contributed by atoms with van der Waals surface area (Å²) in [7, 11) is 0. The SMILES string of the molecule is O=[N+]([O-])c1cc(Cl)ccc1Oc1ccc2ccccc2c1. The van der Waals surface area contributed by atoms with Crippen LogP contribution in [0.1, 0.15) is 0 Å². The molecule has 0 atom stereocenters. The van der Waals surface area contributed by atoms with E-state index in [0.29, 0.717) is 10.8 Å². The molecule has 0 unspecified atom stereocenters. The maximum absolute atomic E-state index is 11.0. The number of nitro benzene ring substituents is 1. The summed E-state index contributed by atoms with van der Waals surface area (Å²) < 4.78 is 5.63. The molecule has 104 valence electrons. The fraction of sp³-hybridized carbons (Fsp3) is 0. The van der Waals surface area contributed by atoms with Gasteiger partial charge in [0.25, 0.3) is 0 Å². The minimum absolute atomic E-state index is 0.157. The molecule has 0 amide bonds. The topological polar surface area (TPSA) is 52.4 Å². The van der Waals surface area contributed by atoms with Crippen LogP contribution in [-0.4, -0.2) is 4.92 Å². The minimum Gasteiger partial charge on any atom is -0.450 e. The van der Waals surface area contributed by atoms with Gasteiger partial charge in [0.2, 0.25) is 5.75 Å². The molecule has 0 aromatic heterocycles. The molecule has 0 aliphatic heterocycles. The Balaban J connectivity index is 2.00. The number of hydrogen-bond donors (Lipinski definition) is 0. The number of nitro groups is 1. The summed E-state index contributed by atoms with van der Waals surface area (Å²) >= 11 is 5.78. The number of hydrogen-bond acceptors (Lipinski definition) is 3. The molecule has 0 fully saturated rings. The highest BCUT2D eigenvalue weighted by molar-refractivity contribution is 6.30. The molecule has 0 bridgehead atoms. The van der Waals surface area contributed by atoms with Gasteiger partial charge < -0.3 is 4.74 Å². The quantitative estimate of drug-likeness (QED) is 0.494. The molecule has 0 heterocycles. The molecule has 0 saturated heterocycles. The maximum atomic E-state index is 11.0. The van der Waals surface area contributed by atoms with Gasteiger partial charge in [-0.15, -0.1) is 0 Å². The molecule has 21 heavy (non-hydrogen) atoms. The third kappa shape index (κ3) is 2.80. The van der Waals surface area contributed by atoms with Crippen LogP contribution in [-0.2, 0) is 0 Å². The van der Waals surface area contributed by atoms with E-state index in [1.807, 2.05) is 36.4 Å². The molecule has 4 nitrogen and oxygen atoms in total. The van der Waals surface area contributed by atoms with Crippen molar-refractivity contribution in [2.24, 2.45) is 0 Å². The summed E-state index contributed by atoms with van der Waals surface area (Å²) in [5, 5.41) is 13.4. The maximum Gasteiger partial charge on any atom is 0.313 e. The van der Waals surface area contributed by atoms with Gasteiger partial charge in [0.1, 0.15) is 5.75 Å². The molecular weight excluding hydrogens is 290 g/mol. The lowest BCUT2D eigenvalue weighted by Gasteiger charge is -2.07. The predicted octanol–water partition coefficient (Wildman–Crippen LogP) is 5.19. The van der Waals surface area contributed by atoms with Gasteiger partial charge in [0.05, 0.1) is 4.92 Å². The van der Waals surface area contributed by atoms with Crippen LogP contribution in [0, 0.1) is 10.1 Å². The Kier molecular flexibility index (Phi) is 3.46. The Morgan fingerprint density at radius 2 is 1.71 bits per heavy atom. The highest BCUT2D eigenvalue weighted by atomic mass is 35.5.